The summed E-state index contributed by atoms with van der Waals surface area (Å²) in [5.41, 5.74) is 1.07. The molecule has 0 N–H and O–H groups in total. The van der Waals surface area contributed by atoms with Gasteiger partial charge in [0.1, 0.15) is 12.0 Å². The third-order valence-electron chi connectivity index (χ3n) is 2.02. The lowest BCUT2D eigenvalue weighted by Gasteiger charge is -2.10. The molecule has 1 aromatic carbocycles. The van der Waals surface area contributed by atoms with Gasteiger partial charge < -0.3 is 9.53 Å². The van der Waals surface area contributed by atoms with E-state index in [9.17, 15) is 4.79 Å². The van der Waals surface area contributed by atoms with Crippen LogP contribution in [0.3, 0.4) is 0 Å². The fourth-order valence-electron chi connectivity index (χ4n) is 1.28. The lowest BCUT2D eigenvalue weighted by molar-refractivity contribution is -0.110. The topological polar surface area (TPSA) is 26.3 Å². The minimum absolute atomic E-state index is 0.0325. The van der Waals surface area contributed by atoms with Crippen molar-refractivity contribution in [1.29, 1.82) is 0 Å². The van der Waals surface area contributed by atoms with Crippen molar-refractivity contribution >= 4 is 22.2 Å². The minimum atomic E-state index is 0.0325. The summed E-state index contributed by atoms with van der Waals surface area (Å²) >= 11 is 3.37. The zero-order chi connectivity index (χ0) is 10.6. The number of benzene rings is 1. The number of hydrogen-bond donors (Lipinski definition) is 0. The van der Waals surface area contributed by atoms with Crippen LogP contribution in [0.4, 0.5) is 0 Å². The quantitative estimate of drug-likeness (QED) is 0.775. The van der Waals surface area contributed by atoms with Gasteiger partial charge in [-0.3, -0.25) is 0 Å². The molecule has 0 saturated carbocycles. The highest BCUT2D eigenvalue weighted by Gasteiger charge is 2.07. The first-order chi connectivity index (χ1) is 6.67. The summed E-state index contributed by atoms with van der Waals surface area (Å²) in [5.74, 6) is 0.859. The van der Waals surface area contributed by atoms with E-state index in [1.54, 1.807) is 7.11 Å². The number of halogens is 1. The molecule has 0 aliphatic carbocycles. The molecular formula is C11H13BrO2. The molecule has 1 unspecified atom stereocenters. The zero-order valence-corrected chi connectivity index (χ0v) is 9.87. The van der Waals surface area contributed by atoms with Gasteiger partial charge >= 0.3 is 0 Å². The van der Waals surface area contributed by atoms with Gasteiger partial charge in [-0.05, 0) is 24.1 Å². The van der Waals surface area contributed by atoms with E-state index < -0.39 is 0 Å². The van der Waals surface area contributed by atoms with Gasteiger partial charge in [0.2, 0.25) is 0 Å². The standard InChI is InChI=1S/C11H13BrO2/c1-8(7-13)5-9-3-4-10(12)6-11(9)14-2/h3-4,6-8H,5H2,1-2H3. The van der Waals surface area contributed by atoms with Crippen molar-refractivity contribution in [3.05, 3.63) is 28.2 Å². The molecule has 0 amide bonds. The Morgan fingerprint density at radius 3 is 2.86 bits per heavy atom. The molecule has 0 bridgehead atoms. The van der Waals surface area contributed by atoms with Crippen LogP contribution in [-0.2, 0) is 11.2 Å². The van der Waals surface area contributed by atoms with E-state index in [1.165, 1.54) is 0 Å². The van der Waals surface area contributed by atoms with Crippen LogP contribution in [0.5, 0.6) is 5.75 Å². The van der Waals surface area contributed by atoms with Gasteiger partial charge in [0.15, 0.2) is 0 Å². The number of rotatable bonds is 4. The molecule has 14 heavy (non-hydrogen) atoms. The second-order valence-electron chi connectivity index (χ2n) is 3.27. The molecule has 0 spiro atoms. The van der Waals surface area contributed by atoms with Crippen molar-refractivity contribution < 1.29 is 9.53 Å². The Labute approximate surface area is 92.4 Å². The average molecular weight is 257 g/mol. The molecule has 2 nitrogen and oxygen atoms in total. The summed E-state index contributed by atoms with van der Waals surface area (Å²) in [7, 11) is 1.64. The smallest absolute Gasteiger partial charge is 0.123 e. The van der Waals surface area contributed by atoms with E-state index in [0.29, 0.717) is 0 Å². The predicted molar refractivity (Wildman–Crippen MR) is 59.6 cm³/mol. The lowest BCUT2D eigenvalue weighted by atomic mass is 10.0. The first-order valence-electron chi connectivity index (χ1n) is 4.45. The number of aldehydes is 1. The molecule has 0 aliphatic rings. The van der Waals surface area contributed by atoms with Crippen molar-refractivity contribution in [3.8, 4) is 5.75 Å². The summed E-state index contributed by atoms with van der Waals surface area (Å²) in [6, 6.07) is 5.84. The van der Waals surface area contributed by atoms with Crippen LogP contribution in [0.1, 0.15) is 12.5 Å². The highest BCUT2D eigenvalue weighted by Crippen LogP contribution is 2.25. The number of methoxy groups -OCH3 is 1. The molecule has 0 heterocycles. The molecule has 76 valence electrons. The van der Waals surface area contributed by atoms with Crippen LogP contribution in [0.2, 0.25) is 0 Å². The molecule has 0 fully saturated rings. The van der Waals surface area contributed by atoms with Gasteiger partial charge in [-0.25, -0.2) is 0 Å². The van der Waals surface area contributed by atoms with Gasteiger partial charge in [-0.2, -0.15) is 0 Å². The van der Waals surface area contributed by atoms with Crippen molar-refractivity contribution in [2.75, 3.05) is 7.11 Å². The molecule has 0 aromatic heterocycles. The number of carbonyl (C=O) groups is 1. The monoisotopic (exact) mass is 256 g/mol. The SMILES string of the molecule is COc1cc(Br)ccc1CC(C)C=O. The maximum atomic E-state index is 10.5. The van der Waals surface area contributed by atoms with Crippen molar-refractivity contribution in [3.63, 3.8) is 0 Å². The van der Waals surface area contributed by atoms with Gasteiger partial charge in [0.25, 0.3) is 0 Å². The Balaban J connectivity index is 2.90. The van der Waals surface area contributed by atoms with Crippen LogP contribution in [0.25, 0.3) is 0 Å². The summed E-state index contributed by atoms with van der Waals surface area (Å²) in [6.45, 7) is 1.90. The van der Waals surface area contributed by atoms with Gasteiger partial charge in [0, 0.05) is 10.4 Å². The highest BCUT2D eigenvalue weighted by molar-refractivity contribution is 9.10. The van der Waals surface area contributed by atoms with Crippen LogP contribution in [0.15, 0.2) is 22.7 Å². The largest absolute Gasteiger partial charge is 0.496 e. The highest BCUT2D eigenvalue weighted by atomic mass is 79.9. The fourth-order valence-corrected chi connectivity index (χ4v) is 1.62. The molecule has 3 heteroatoms. The molecule has 0 aliphatic heterocycles. The minimum Gasteiger partial charge on any atom is -0.496 e. The fraction of sp³-hybridized carbons (Fsp3) is 0.364. The maximum Gasteiger partial charge on any atom is 0.123 e. The first kappa shape index (κ1) is 11.2. The molecule has 1 aromatic rings. The van der Waals surface area contributed by atoms with Crippen LogP contribution in [0, 0.1) is 5.92 Å². The normalized spacial score (nSPS) is 12.2. The van der Waals surface area contributed by atoms with E-state index in [4.69, 9.17) is 4.74 Å². The third-order valence-corrected chi connectivity index (χ3v) is 2.52. The Morgan fingerprint density at radius 2 is 2.29 bits per heavy atom. The molecule has 0 saturated heterocycles. The van der Waals surface area contributed by atoms with Crippen LogP contribution < -0.4 is 4.74 Å². The molecular weight excluding hydrogens is 244 g/mol. The second-order valence-corrected chi connectivity index (χ2v) is 4.19. The maximum absolute atomic E-state index is 10.5. The van der Waals surface area contributed by atoms with Crippen LogP contribution in [-0.4, -0.2) is 13.4 Å². The van der Waals surface area contributed by atoms with Gasteiger partial charge in [-0.1, -0.05) is 28.9 Å². The Hall–Kier alpha value is -0.830. The van der Waals surface area contributed by atoms with E-state index in [1.807, 2.05) is 25.1 Å². The molecule has 0 radical (unpaired) electrons. The summed E-state index contributed by atoms with van der Waals surface area (Å²) < 4.78 is 6.21. The molecule has 1 atom stereocenters. The first-order valence-corrected chi connectivity index (χ1v) is 5.24. The summed E-state index contributed by atoms with van der Waals surface area (Å²) in [5, 5.41) is 0. The Morgan fingerprint density at radius 1 is 1.57 bits per heavy atom. The Kier molecular flexibility index (Phi) is 4.14. The third kappa shape index (κ3) is 2.84. The van der Waals surface area contributed by atoms with Crippen molar-refractivity contribution in [2.24, 2.45) is 5.92 Å². The van der Waals surface area contributed by atoms with Crippen molar-refractivity contribution in [2.45, 2.75) is 13.3 Å². The average Bonchev–Trinajstić information content (AvgIpc) is 2.20. The van der Waals surface area contributed by atoms with Gasteiger partial charge in [0.05, 0.1) is 7.11 Å². The summed E-state index contributed by atoms with van der Waals surface area (Å²) in [6.07, 6.45) is 1.68. The number of hydrogen-bond acceptors (Lipinski definition) is 2. The second kappa shape index (κ2) is 5.15. The zero-order valence-electron chi connectivity index (χ0n) is 8.29. The number of ether oxygens (including phenoxy) is 1. The van der Waals surface area contributed by atoms with E-state index >= 15 is 0 Å². The van der Waals surface area contributed by atoms with Crippen molar-refractivity contribution in [1.82, 2.24) is 0 Å². The molecule has 1 rings (SSSR count). The van der Waals surface area contributed by atoms with Crippen LogP contribution >= 0.6 is 15.9 Å². The lowest BCUT2D eigenvalue weighted by Crippen LogP contribution is -2.02. The Bertz CT molecular complexity index is 323. The number of carbonyl (C=O) groups excluding carboxylic acids is 1. The van der Waals surface area contributed by atoms with Gasteiger partial charge in [-0.15, -0.1) is 0 Å². The summed E-state index contributed by atoms with van der Waals surface area (Å²) in [4.78, 5) is 10.5. The van der Waals surface area contributed by atoms with E-state index in [0.717, 1.165) is 28.5 Å². The van der Waals surface area contributed by atoms with E-state index in [2.05, 4.69) is 15.9 Å². The van der Waals surface area contributed by atoms with E-state index in [-0.39, 0.29) is 5.92 Å². The predicted octanol–water partition coefficient (Wildman–Crippen LogP) is 2.84.